The summed E-state index contributed by atoms with van der Waals surface area (Å²) in [5, 5.41) is 9.75. The van der Waals surface area contributed by atoms with Gasteiger partial charge in [-0.25, -0.2) is 18.1 Å². The molecule has 1 aromatic carbocycles. The summed E-state index contributed by atoms with van der Waals surface area (Å²) in [6.45, 7) is 1.97. The molecule has 0 saturated heterocycles. The van der Waals surface area contributed by atoms with Crippen molar-refractivity contribution in [1.82, 2.24) is 19.6 Å². The Labute approximate surface area is 227 Å². The van der Waals surface area contributed by atoms with Crippen molar-refractivity contribution in [2.24, 2.45) is 0 Å². The lowest BCUT2D eigenvalue weighted by Crippen LogP contribution is -2.48. The molecule has 2 aliphatic rings. The van der Waals surface area contributed by atoms with Crippen molar-refractivity contribution in [2.75, 3.05) is 56.1 Å². The number of hydrogen-bond acceptors (Lipinski definition) is 10. The molecule has 2 aromatic rings. The van der Waals surface area contributed by atoms with Crippen LogP contribution in [-0.4, -0.2) is 81.4 Å². The van der Waals surface area contributed by atoms with Crippen LogP contribution < -0.4 is 25.4 Å². The Morgan fingerprint density at radius 2 is 1.95 bits per heavy atom. The lowest BCUT2D eigenvalue weighted by atomic mass is 9.91. The molecule has 2 heterocycles. The van der Waals surface area contributed by atoms with Gasteiger partial charge >= 0.3 is 0 Å². The van der Waals surface area contributed by atoms with Gasteiger partial charge in [0.25, 0.3) is 0 Å². The van der Waals surface area contributed by atoms with Gasteiger partial charge in [-0.3, -0.25) is 9.69 Å². The highest BCUT2D eigenvalue weighted by Crippen LogP contribution is 2.35. The fourth-order valence-corrected chi connectivity index (χ4v) is 5.73. The summed E-state index contributed by atoms with van der Waals surface area (Å²) in [6.07, 6.45) is 6.04. The maximum atomic E-state index is 12.5. The van der Waals surface area contributed by atoms with Crippen LogP contribution in [0.4, 0.5) is 23.1 Å². The monoisotopic (exact) mass is 567 g/mol. The number of fused-ring (bicyclic) bond motifs is 1. The predicted molar refractivity (Wildman–Crippen MR) is 147 cm³/mol. The van der Waals surface area contributed by atoms with Crippen molar-refractivity contribution >= 4 is 50.7 Å². The molecule has 1 amide bonds. The number of methoxy groups -OCH3 is 2. The van der Waals surface area contributed by atoms with Crippen LogP contribution in [0.5, 0.6) is 5.75 Å². The molecule has 0 radical (unpaired) electrons. The number of benzene rings is 1. The van der Waals surface area contributed by atoms with Gasteiger partial charge in [0, 0.05) is 38.0 Å². The van der Waals surface area contributed by atoms with E-state index in [0.717, 1.165) is 37.5 Å². The van der Waals surface area contributed by atoms with E-state index in [2.05, 4.69) is 30.6 Å². The highest BCUT2D eigenvalue weighted by Gasteiger charge is 2.28. The van der Waals surface area contributed by atoms with E-state index in [-0.39, 0.29) is 30.5 Å². The fourth-order valence-electron chi connectivity index (χ4n) is 4.75. The first-order chi connectivity index (χ1) is 18.1. The molecule has 1 aliphatic carbocycles. The van der Waals surface area contributed by atoms with Crippen LogP contribution in [0.3, 0.4) is 0 Å². The van der Waals surface area contributed by atoms with Gasteiger partial charge < -0.3 is 25.4 Å². The van der Waals surface area contributed by atoms with Crippen LogP contribution in [0.2, 0.25) is 5.02 Å². The SMILES string of the molecule is COCCN1CC(=O)Nc2cc(Nc3ncc(Cl)c(N[C@@H]4CCCC[C@H]4NS(C)(=O)=O)n3)c(OC)cc2C1. The van der Waals surface area contributed by atoms with Crippen LogP contribution in [0.25, 0.3) is 0 Å². The van der Waals surface area contributed by atoms with E-state index in [1.54, 1.807) is 20.3 Å². The van der Waals surface area contributed by atoms with Gasteiger partial charge in [0.15, 0.2) is 5.82 Å². The molecule has 12 nitrogen and oxygen atoms in total. The second kappa shape index (κ2) is 12.4. The van der Waals surface area contributed by atoms with Crippen molar-refractivity contribution in [1.29, 1.82) is 0 Å². The Balaban J connectivity index is 1.56. The number of nitrogens with one attached hydrogen (secondary N) is 4. The number of halogens is 1. The zero-order valence-corrected chi connectivity index (χ0v) is 23.3. The zero-order valence-electron chi connectivity index (χ0n) is 21.7. The molecule has 38 heavy (non-hydrogen) atoms. The van der Waals surface area contributed by atoms with Crippen LogP contribution in [0, 0.1) is 0 Å². The zero-order chi connectivity index (χ0) is 27.3. The minimum absolute atomic E-state index is 0.116. The summed E-state index contributed by atoms with van der Waals surface area (Å²) < 4.78 is 37.2. The Hall–Kier alpha value is -2.71. The van der Waals surface area contributed by atoms with Crippen molar-refractivity contribution < 1.29 is 22.7 Å². The van der Waals surface area contributed by atoms with Gasteiger partial charge in [-0.05, 0) is 30.5 Å². The molecule has 0 unspecified atom stereocenters. The molecule has 208 valence electrons. The molecule has 0 spiro atoms. The number of nitrogens with zero attached hydrogens (tertiary/aromatic N) is 3. The van der Waals surface area contributed by atoms with E-state index in [1.807, 2.05) is 11.0 Å². The quantitative estimate of drug-likeness (QED) is 0.338. The Morgan fingerprint density at radius 1 is 1.18 bits per heavy atom. The van der Waals surface area contributed by atoms with Crippen molar-refractivity contribution in [3.8, 4) is 5.75 Å². The van der Waals surface area contributed by atoms with E-state index in [4.69, 9.17) is 21.1 Å². The number of ether oxygens (including phenoxy) is 2. The molecule has 14 heteroatoms. The third kappa shape index (κ3) is 7.44. The standard InChI is InChI=1S/C24H34ClN7O5S/c1-36-9-8-32-13-15-10-21(37-2)20(11-19(15)27-22(33)14-32)29-24-26-12-16(25)23(30-24)28-17-6-4-5-7-18(17)31-38(3,34)35/h10-12,17-18,31H,4-9,13-14H2,1-3H3,(H,27,33)(H2,26,28,29,30)/t17-,18-/m1/s1. The first-order valence-corrected chi connectivity index (χ1v) is 14.7. The molecule has 2 atom stereocenters. The average molecular weight is 568 g/mol. The number of carbonyl (C=O) groups excluding carboxylic acids is 1. The van der Waals surface area contributed by atoms with E-state index in [0.29, 0.717) is 47.7 Å². The normalized spacial score (nSPS) is 20.3. The number of rotatable bonds is 10. The summed E-state index contributed by atoms with van der Waals surface area (Å²) in [7, 11) is -0.160. The second-order valence-corrected chi connectivity index (χ2v) is 11.7. The van der Waals surface area contributed by atoms with Crippen molar-refractivity contribution in [3.05, 3.63) is 28.9 Å². The van der Waals surface area contributed by atoms with Crippen molar-refractivity contribution in [3.63, 3.8) is 0 Å². The summed E-state index contributed by atoms with van der Waals surface area (Å²) in [6, 6.07) is 3.24. The van der Waals surface area contributed by atoms with Gasteiger partial charge in [0.05, 0.1) is 38.4 Å². The van der Waals surface area contributed by atoms with Gasteiger partial charge in [0.2, 0.25) is 21.9 Å². The summed E-state index contributed by atoms with van der Waals surface area (Å²) in [5.74, 6) is 1.10. The Bertz CT molecular complexity index is 1260. The molecule has 0 bridgehead atoms. The van der Waals surface area contributed by atoms with Crippen LogP contribution in [0.15, 0.2) is 18.3 Å². The van der Waals surface area contributed by atoms with E-state index in [9.17, 15) is 13.2 Å². The minimum atomic E-state index is -3.36. The largest absolute Gasteiger partial charge is 0.495 e. The maximum absolute atomic E-state index is 12.5. The van der Waals surface area contributed by atoms with E-state index < -0.39 is 10.0 Å². The molecule has 1 aliphatic heterocycles. The minimum Gasteiger partial charge on any atom is -0.495 e. The van der Waals surface area contributed by atoms with E-state index in [1.165, 1.54) is 6.20 Å². The molecule has 1 aromatic heterocycles. The smallest absolute Gasteiger partial charge is 0.238 e. The topological polar surface area (TPSA) is 147 Å². The number of hydrogen-bond donors (Lipinski definition) is 4. The highest BCUT2D eigenvalue weighted by atomic mass is 35.5. The number of aromatic nitrogens is 2. The average Bonchev–Trinajstić information content (AvgIpc) is 3.01. The number of carbonyl (C=O) groups is 1. The first kappa shape index (κ1) is 28.3. The molecule has 4 rings (SSSR count). The molecule has 1 saturated carbocycles. The van der Waals surface area contributed by atoms with Crippen LogP contribution in [0.1, 0.15) is 31.2 Å². The molecular formula is C24H34ClN7O5S. The van der Waals surface area contributed by atoms with E-state index >= 15 is 0 Å². The van der Waals surface area contributed by atoms with Gasteiger partial charge in [0.1, 0.15) is 10.8 Å². The number of amides is 1. The second-order valence-electron chi connectivity index (χ2n) is 9.51. The maximum Gasteiger partial charge on any atom is 0.238 e. The third-order valence-corrected chi connectivity index (χ3v) is 7.52. The van der Waals surface area contributed by atoms with Crippen LogP contribution in [-0.2, 0) is 26.1 Å². The molecule has 1 fully saturated rings. The first-order valence-electron chi connectivity index (χ1n) is 12.4. The number of sulfonamides is 1. The summed E-state index contributed by atoms with van der Waals surface area (Å²) in [4.78, 5) is 23.4. The van der Waals surface area contributed by atoms with Gasteiger partial charge in [-0.2, -0.15) is 4.98 Å². The lowest BCUT2D eigenvalue weighted by Gasteiger charge is -2.32. The highest BCUT2D eigenvalue weighted by molar-refractivity contribution is 7.88. The summed E-state index contributed by atoms with van der Waals surface area (Å²) in [5.41, 5.74) is 2.15. The number of anilines is 4. The van der Waals surface area contributed by atoms with Crippen LogP contribution >= 0.6 is 11.6 Å². The van der Waals surface area contributed by atoms with Gasteiger partial charge in [-0.15, -0.1) is 0 Å². The summed E-state index contributed by atoms with van der Waals surface area (Å²) >= 11 is 6.40. The lowest BCUT2D eigenvalue weighted by molar-refractivity contribution is -0.117. The Kier molecular flexibility index (Phi) is 9.26. The Morgan fingerprint density at radius 3 is 2.66 bits per heavy atom. The van der Waals surface area contributed by atoms with Crippen molar-refractivity contribution in [2.45, 2.75) is 44.3 Å². The third-order valence-electron chi connectivity index (χ3n) is 6.52. The molecule has 4 N–H and O–H groups in total. The predicted octanol–water partition coefficient (Wildman–Crippen LogP) is 2.56. The van der Waals surface area contributed by atoms with Gasteiger partial charge in [-0.1, -0.05) is 24.4 Å². The fraction of sp³-hybridized carbons (Fsp3) is 0.542. The molecular weight excluding hydrogens is 534 g/mol.